The third-order valence-corrected chi connectivity index (χ3v) is 3.17. The number of carbonyl (C=O) groups excluding carboxylic acids is 1. The van der Waals surface area contributed by atoms with E-state index in [0.717, 1.165) is 0 Å². The Morgan fingerprint density at radius 2 is 2.07 bits per heavy atom. The molecule has 1 aromatic carbocycles. The van der Waals surface area contributed by atoms with E-state index >= 15 is 0 Å². The van der Waals surface area contributed by atoms with Gasteiger partial charge in [-0.3, -0.25) is 9.00 Å². The van der Waals surface area contributed by atoms with Crippen molar-refractivity contribution in [3.05, 3.63) is 30.1 Å². The summed E-state index contributed by atoms with van der Waals surface area (Å²) in [7, 11) is -1.55. The average Bonchev–Trinajstić information content (AvgIpc) is 2.18. The zero-order valence-corrected chi connectivity index (χ0v) is 8.64. The number of ketones is 1. The summed E-state index contributed by atoms with van der Waals surface area (Å²) in [6, 6.07) is 5.81. The predicted molar refractivity (Wildman–Crippen MR) is 53.0 cm³/mol. The lowest BCUT2D eigenvalue weighted by molar-refractivity contribution is -0.116. The molecule has 0 N–H and O–H groups in total. The van der Waals surface area contributed by atoms with Crippen molar-refractivity contribution in [2.45, 2.75) is 18.2 Å². The van der Waals surface area contributed by atoms with Crippen LogP contribution in [-0.4, -0.2) is 15.7 Å². The minimum absolute atomic E-state index is 0.0998. The Hall–Kier alpha value is -1.03. The maximum absolute atomic E-state index is 13.1. The highest BCUT2D eigenvalue weighted by Crippen LogP contribution is 2.11. The smallest absolute Gasteiger partial charge is 0.145 e. The highest BCUT2D eigenvalue weighted by molar-refractivity contribution is 7.85. The highest BCUT2D eigenvalue weighted by Gasteiger charge is 2.11. The Balaban J connectivity index is 2.80. The van der Waals surface area contributed by atoms with E-state index < -0.39 is 16.6 Å². The monoisotopic (exact) mass is 214 g/mol. The fourth-order valence-corrected chi connectivity index (χ4v) is 2.12. The molecule has 0 saturated carbocycles. The number of hydrogen-bond acceptors (Lipinski definition) is 2. The van der Waals surface area contributed by atoms with E-state index in [2.05, 4.69) is 0 Å². The van der Waals surface area contributed by atoms with E-state index in [4.69, 9.17) is 0 Å². The fraction of sp³-hybridized carbons (Fsp3) is 0.300. The summed E-state index contributed by atoms with van der Waals surface area (Å²) in [6.07, 6.45) is 0.334. The Bertz CT molecular complexity index is 363. The quantitative estimate of drug-likeness (QED) is 0.767. The summed E-state index contributed by atoms with van der Waals surface area (Å²) in [4.78, 5) is 11.1. The second-order valence-electron chi connectivity index (χ2n) is 2.81. The van der Waals surface area contributed by atoms with Crippen molar-refractivity contribution in [3.63, 3.8) is 0 Å². The van der Waals surface area contributed by atoms with Crippen LogP contribution in [-0.2, 0) is 15.6 Å². The van der Waals surface area contributed by atoms with Crippen LogP contribution in [0.4, 0.5) is 4.39 Å². The standard InChI is InChI=1S/C10H11FO2S/c1-2-8(12)7-14(13)10-6-4-3-5-9(10)11/h3-6H,2,7H2,1H3. The molecule has 76 valence electrons. The van der Waals surface area contributed by atoms with Gasteiger partial charge < -0.3 is 0 Å². The molecule has 0 heterocycles. The normalized spacial score (nSPS) is 12.4. The van der Waals surface area contributed by atoms with Crippen molar-refractivity contribution in [3.8, 4) is 0 Å². The Labute approximate surface area is 84.6 Å². The zero-order chi connectivity index (χ0) is 10.6. The summed E-state index contributed by atoms with van der Waals surface area (Å²) in [5.41, 5.74) is 0. The maximum Gasteiger partial charge on any atom is 0.145 e. The number of hydrogen-bond donors (Lipinski definition) is 0. The van der Waals surface area contributed by atoms with Crippen LogP contribution in [0.25, 0.3) is 0 Å². The molecular weight excluding hydrogens is 203 g/mol. The molecule has 0 aliphatic rings. The molecule has 1 rings (SSSR count). The van der Waals surface area contributed by atoms with Crippen molar-refractivity contribution in [1.29, 1.82) is 0 Å². The molecule has 0 bridgehead atoms. The molecule has 1 aromatic rings. The maximum atomic E-state index is 13.1. The lowest BCUT2D eigenvalue weighted by Gasteiger charge is -2.01. The molecule has 0 radical (unpaired) electrons. The number of benzene rings is 1. The molecule has 0 saturated heterocycles. The number of Topliss-reactive ketones (excluding diaryl/α,β-unsaturated/α-hetero) is 1. The van der Waals surface area contributed by atoms with Crippen LogP contribution in [0.15, 0.2) is 29.2 Å². The zero-order valence-electron chi connectivity index (χ0n) is 7.83. The third-order valence-electron chi connectivity index (χ3n) is 1.77. The van der Waals surface area contributed by atoms with Crippen LogP contribution in [0.1, 0.15) is 13.3 Å². The van der Waals surface area contributed by atoms with Crippen molar-refractivity contribution in [2.24, 2.45) is 0 Å². The first-order chi connectivity index (χ1) is 6.65. The van der Waals surface area contributed by atoms with Gasteiger partial charge in [0.25, 0.3) is 0 Å². The van der Waals surface area contributed by atoms with Gasteiger partial charge in [-0.2, -0.15) is 0 Å². The number of rotatable bonds is 4. The fourth-order valence-electron chi connectivity index (χ4n) is 0.955. The SMILES string of the molecule is CCC(=O)CS(=O)c1ccccc1F. The molecule has 0 aliphatic heterocycles. The van der Waals surface area contributed by atoms with Crippen LogP contribution in [0.3, 0.4) is 0 Å². The van der Waals surface area contributed by atoms with Crippen LogP contribution >= 0.6 is 0 Å². The molecule has 1 atom stereocenters. The van der Waals surface area contributed by atoms with E-state index in [1.54, 1.807) is 13.0 Å². The number of carbonyl (C=O) groups is 1. The summed E-state index contributed by atoms with van der Waals surface area (Å²) in [6.45, 7) is 1.70. The Morgan fingerprint density at radius 3 is 2.64 bits per heavy atom. The largest absolute Gasteiger partial charge is 0.299 e. The molecule has 14 heavy (non-hydrogen) atoms. The van der Waals surface area contributed by atoms with Crippen LogP contribution < -0.4 is 0 Å². The van der Waals surface area contributed by atoms with Gasteiger partial charge in [-0.25, -0.2) is 4.39 Å². The van der Waals surface area contributed by atoms with Gasteiger partial charge in [0.2, 0.25) is 0 Å². The third kappa shape index (κ3) is 2.73. The predicted octanol–water partition coefficient (Wildman–Crippen LogP) is 1.91. The summed E-state index contributed by atoms with van der Waals surface area (Å²) in [5, 5.41) is 0. The molecule has 0 aromatic heterocycles. The first-order valence-electron chi connectivity index (χ1n) is 4.29. The van der Waals surface area contributed by atoms with E-state index in [0.29, 0.717) is 6.42 Å². The van der Waals surface area contributed by atoms with Crippen LogP contribution in [0.5, 0.6) is 0 Å². The molecular formula is C10H11FO2S. The molecule has 0 fully saturated rings. The van der Waals surface area contributed by atoms with E-state index in [9.17, 15) is 13.4 Å². The first-order valence-corrected chi connectivity index (χ1v) is 5.61. The van der Waals surface area contributed by atoms with Gasteiger partial charge in [-0.1, -0.05) is 19.1 Å². The van der Waals surface area contributed by atoms with Crippen LogP contribution in [0, 0.1) is 5.82 Å². The average molecular weight is 214 g/mol. The van der Waals surface area contributed by atoms with Crippen molar-refractivity contribution in [1.82, 2.24) is 0 Å². The van der Waals surface area contributed by atoms with E-state index in [1.165, 1.54) is 18.2 Å². The Kier molecular flexibility index (Phi) is 3.95. The molecule has 0 spiro atoms. The molecule has 0 amide bonds. The second-order valence-corrected chi connectivity index (χ2v) is 4.23. The number of halogens is 1. The molecule has 0 aliphatic carbocycles. The van der Waals surface area contributed by atoms with Crippen molar-refractivity contribution >= 4 is 16.6 Å². The van der Waals surface area contributed by atoms with Gasteiger partial charge in [-0.15, -0.1) is 0 Å². The van der Waals surface area contributed by atoms with Crippen molar-refractivity contribution in [2.75, 3.05) is 5.75 Å². The van der Waals surface area contributed by atoms with Gasteiger partial charge >= 0.3 is 0 Å². The van der Waals surface area contributed by atoms with Gasteiger partial charge in [0.1, 0.15) is 11.6 Å². The lowest BCUT2D eigenvalue weighted by Crippen LogP contribution is -2.10. The minimum atomic E-state index is -1.55. The highest BCUT2D eigenvalue weighted by atomic mass is 32.2. The minimum Gasteiger partial charge on any atom is -0.299 e. The van der Waals surface area contributed by atoms with E-state index in [-0.39, 0.29) is 16.4 Å². The topological polar surface area (TPSA) is 34.1 Å². The summed E-state index contributed by atoms with van der Waals surface area (Å²) < 4.78 is 24.6. The Morgan fingerprint density at radius 1 is 1.43 bits per heavy atom. The van der Waals surface area contributed by atoms with E-state index in [1.807, 2.05) is 0 Å². The molecule has 2 nitrogen and oxygen atoms in total. The lowest BCUT2D eigenvalue weighted by atomic mass is 10.3. The van der Waals surface area contributed by atoms with Gasteiger partial charge in [0.05, 0.1) is 21.4 Å². The summed E-state index contributed by atoms with van der Waals surface area (Å²) >= 11 is 0. The molecule has 4 heteroatoms. The second kappa shape index (κ2) is 5.00. The molecule has 1 unspecified atom stereocenters. The van der Waals surface area contributed by atoms with Gasteiger partial charge in [0, 0.05) is 6.42 Å². The summed E-state index contributed by atoms with van der Waals surface area (Å²) in [5.74, 6) is -0.737. The van der Waals surface area contributed by atoms with Gasteiger partial charge in [-0.05, 0) is 12.1 Å². The van der Waals surface area contributed by atoms with Crippen LogP contribution in [0.2, 0.25) is 0 Å². The first kappa shape index (κ1) is 11.0. The van der Waals surface area contributed by atoms with Gasteiger partial charge in [0.15, 0.2) is 0 Å². The van der Waals surface area contributed by atoms with Crippen molar-refractivity contribution < 1.29 is 13.4 Å².